The van der Waals surface area contributed by atoms with Gasteiger partial charge in [-0.15, -0.1) is 11.3 Å². The molecular formula is C6H9NOS2. The maximum absolute atomic E-state index is 9.09. The van der Waals surface area contributed by atoms with Crippen LogP contribution in [-0.4, -0.2) is 16.3 Å². The van der Waals surface area contributed by atoms with Crippen LogP contribution in [0.4, 0.5) is 0 Å². The van der Waals surface area contributed by atoms with E-state index < -0.39 is 0 Å². The summed E-state index contributed by atoms with van der Waals surface area (Å²) >= 11 is 3.15. The third-order valence-corrected chi connectivity index (χ3v) is 3.26. The van der Waals surface area contributed by atoms with Gasteiger partial charge in [0, 0.05) is 6.20 Å². The number of aliphatic hydroxyl groups excluding tert-OH is 1. The number of thiazole rings is 1. The molecule has 1 rings (SSSR count). The van der Waals surface area contributed by atoms with Crippen LogP contribution in [0.5, 0.6) is 0 Å². The van der Waals surface area contributed by atoms with E-state index in [0.717, 1.165) is 9.22 Å². The summed E-state index contributed by atoms with van der Waals surface area (Å²) in [6.07, 6.45) is 3.32. The maximum atomic E-state index is 9.09. The van der Waals surface area contributed by atoms with Crippen LogP contribution in [0.15, 0.2) is 10.5 Å². The summed E-state index contributed by atoms with van der Waals surface area (Å²) < 4.78 is 1.01. The number of nitrogens with zero attached hydrogens (tertiary/aromatic N) is 1. The average Bonchev–Trinajstić information content (AvgIpc) is 2.34. The van der Waals surface area contributed by atoms with Gasteiger partial charge in [-0.1, -0.05) is 11.8 Å². The molecule has 0 aliphatic carbocycles. The van der Waals surface area contributed by atoms with Crippen molar-refractivity contribution < 1.29 is 5.11 Å². The zero-order valence-electron chi connectivity index (χ0n) is 5.87. The lowest BCUT2D eigenvalue weighted by atomic mass is 10.4. The summed E-state index contributed by atoms with van der Waals surface area (Å²) in [4.78, 5) is 5.01. The summed E-state index contributed by atoms with van der Waals surface area (Å²) in [5, 5.41) is 9.09. The fourth-order valence-electron chi connectivity index (χ4n) is 0.557. The van der Waals surface area contributed by atoms with Crippen molar-refractivity contribution >= 4 is 23.1 Å². The molecular weight excluding hydrogens is 166 g/mol. The summed E-state index contributed by atoms with van der Waals surface area (Å²) in [7, 11) is 0. The lowest BCUT2D eigenvalue weighted by molar-refractivity contribution is 0.203. The van der Waals surface area contributed by atoms with Crippen LogP contribution in [0.1, 0.15) is 17.9 Å². The molecule has 1 atom stereocenters. The van der Waals surface area contributed by atoms with Gasteiger partial charge in [-0.05, 0) is 13.2 Å². The largest absolute Gasteiger partial charge is 0.388 e. The summed E-state index contributed by atoms with van der Waals surface area (Å²) in [5.74, 6) is 0. The molecule has 0 fully saturated rings. The van der Waals surface area contributed by atoms with Gasteiger partial charge in [-0.25, -0.2) is 4.98 Å². The molecule has 1 aromatic heterocycles. The molecule has 0 amide bonds. The Hall–Kier alpha value is -0.0600. The van der Waals surface area contributed by atoms with E-state index in [2.05, 4.69) is 4.98 Å². The van der Waals surface area contributed by atoms with Crippen molar-refractivity contribution in [3.8, 4) is 0 Å². The third-order valence-electron chi connectivity index (χ3n) is 1.09. The molecule has 0 bridgehead atoms. The summed E-state index contributed by atoms with van der Waals surface area (Å²) in [6, 6.07) is 0. The predicted octanol–water partition coefficient (Wildman–Crippen LogP) is 1.92. The second-order valence-electron chi connectivity index (χ2n) is 1.91. The molecule has 0 spiro atoms. The highest BCUT2D eigenvalue weighted by Gasteiger charge is 2.04. The standard InChI is InChI=1S/C6H9NOS2/c1-4(8)5-3-7-6(9-2)10-5/h3-4,8H,1-2H3. The molecule has 0 radical (unpaired) electrons. The normalized spacial score (nSPS) is 13.5. The van der Waals surface area contributed by atoms with Gasteiger partial charge in [-0.3, -0.25) is 0 Å². The van der Waals surface area contributed by atoms with Gasteiger partial charge >= 0.3 is 0 Å². The van der Waals surface area contributed by atoms with Crippen LogP contribution >= 0.6 is 23.1 Å². The SMILES string of the molecule is CSc1ncc(C(C)O)s1. The van der Waals surface area contributed by atoms with Crippen LogP contribution < -0.4 is 0 Å². The van der Waals surface area contributed by atoms with Crippen LogP contribution in [0.25, 0.3) is 0 Å². The quantitative estimate of drug-likeness (QED) is 0.697. The Morgan fingerprint density at radius 2 is 2.50 bits per heavy atom. The molecule has 1 aromatic rings. The molecule has 0 aliphatic rings. The summed E-state index contributed by atoms with van der Waals surface area (Å²) in [6.45, 7) is 1.75. The topological polar surface area (TPSA) is 33.1 Å². The third kappa shape index (κ3) is 1.71. The van der Waals surface area contributed by atoms with Crippen molar-refractivity contribution in [3.63, 3.8) is 0 Å². The zero-order chi connectivity index (χ0) is 7.56. The lowest BCUT2D eigenvalue weighted by Gasteiger charge is -1.94. The first-order chi connectivity index (χ1) is 4.74. The van der Waals surface area contributed by atoms with Crippen LogP contribution in [0.2, 0.25) is 0 Å². The van der Waals surface area contributed by atoms with Gasteiger partial charge in [0.05, 0.1) is 11.0 Å². The van der Waals surface area contributed by atoms with Crippen molar-refractivity contribution in [2.75, 3.05) is 6.26 Å². The number of rotatable bonds is 2. The minimum atomic E-state index is -0.376. The average molecular weight is 175 g/mol. The van der Waals surface area contributed by atoms with Crippen molar-refractivity contribution in [2.45, 2.75) is 17.4 Å². The fourth-order valence-corrected chi connectivity index (χ4v) is 1.92. The number of aliphatic hydroxyl groups is 1. The molecule has 56 valence electrons. The number of hydrogen-bond acceptors (Lipinski definition) is 4. The van der Waals surface area contributed by atoms with Gasteiger partial charge in [0.2, 0.25) is 0 Å². The Kier molecular flexibility index (Phi) is 2.71. The van der Waals surface area contributed by atoms with E-state index in [1.54, 1.807) is 36.2 Å². The van der Waals surface area contributed by atoms with Gasteiger partial charge in [0.1, 0.15) is 4.34 Å². The van der Waals surface area contributed by atoms with E-state index in [0.29, 0.717) is 0 Å². The molecule has 0 saturated heterocycles. The van der Waals surface area contributed by atoms with Gasteiger partial charge in [0.15, 0.2) is 0 Å². The van der Waals surface area contributed by atoms with Crippen LogP contribution in [0.3, 0.4) is 0 Å². The van der Waals surface area contributed by atoms with Gasteiger partial charge < -0.3 is 5.11 Å². The highest BCUT2D eigenvalue weighted by molar-refractivity contribution is 8.00. The Balaban J connectivity index is 2.78. The number of thioether (sulfide) groups is 1. The lowest BCUT2D eigenvalue weighted by Crippen LogP contribution is -1.83. The van der Waals surface area contributed by atoms with Crippen molar-refractivity contribution in [3.05, 3.63) is 11.1 Å². The zero-order valence-corrected chi connectivity index (χ0v) is 7.50. The second-order valence-corrected chi connectivity index (χ2v) is 4.02. The Labute approximate surface area is 68.3 Å². The monoisotopic (exact) mass is 175 g/mol. The minimum Gasteiger partial charge on any atom is -0.388 e. The fraction of sp³-hybridized carbons (Fsp3) is 0.500. The van der Waals surface area contributed by atoms with Crippen LogP contribution in [-0.2, 0) is 0 Å². The van der Waals surface area contributed by atoms with Gasteiger partial charge in [-0.2, -0.15) is 0 Å². The second kappa shape index (κ2) is 3.37. The molecule has 0 aromatic carbocycles. The Morgan fingerprint density at radius 1 is 1.80 bits per heavy atom. The van der Waals surface area contributed by atoms with Crippen molar-refractivity contribution in [1.29, 1.82) is 0 Å². The maximum Gasteiger partial charge on any atom is 0.149 e. The van der Waals surface area contributed by atoms with E-state index >= 15 is 0 Å². The van der Waals surface area contributed by atoms with E-state index in [9.17, 15) is 0 Å². The number of aromatic nitrogens is 1. The highest BCUT2D eigenvalue weighted by atomic mass is 32.2. The molecule has 2 nitrogen and oxygen atoms in total. The molecule has 1 unspecified atom stereocenters. The van der Waals surface area contributed by atoms with Crippen molar-refractivity contribution in [2.24, 2.45) is 0 Å². The predicted molar refractivity (Wildman–Crippen MR) is 44.5 cm³/mol. The molecule has 1 N–H and O–H groups in total. The summed E-state index contributed by atoms with van der Waals surface area (Å²) in [5.41, 5.74) is 0. The first-order valence-electron chi connectivity index (χ1n) is 2.92. The minimum absolute atomic E-state index is 0.376. The van der Waals surface area contributed by atoms with E-state index in [-0.39, 0.29) is 6.10 Å². The first-order valence-corrected chi connectivity index (χ1v) is 4.96. The Morgan fingerprint density at radius 3 is 2.80 bits per heavy atom. The molecule has 4 heteroatoms. The van der Waals surface area contributed by atoms with Crippen LogP contribution in [0, 0.1) is 0 Å². The molecule has 10 heavy (non-hydrogen) atoms. The van der Waals surface area contributed by atoms with E-state index in [4.69, 9.17) is 5.11 Å². The van der Waals surface area contributed by atoms with Crippen molar-refractivity contribution in [1.82, 2.24) is 4.98 Å². The highest BCUT2D eigenvalue weighted by Crippen LogP contribution is 2.25. The number of hydrogen-bond donors (Lipinski definition) is 1. The molecule has 0 aliphatic heterocycles. The molecule has 0 saturated carbocycles. The van der Waals surface area contributed by atoms with Gasteiger partial charge in [0.25, 0.3) is 0 Å². The first kappa shape index (κ1) is 8.04. The molecule has 1 heterocycles. The Bertz CT molecular complexity index is 209. The van der Waals surface area contributed by atoms with E-state index in [1.807, 2.05) is 6.26 Å². The van der Waals surface area contributed by atoms with E-state index in [1.165, 1.54) is 0 Å². The smallest absolute Gasteiger partial charge is 0.149 e.